The van der Waals surface area contributed by atoms with Crippen LogP contribution >= 0.6 is 0 Å². The molecule has 0 heterocycles. The molecule has 96 valence electrons. The number of carbonyl (C=O) groups is 1. The number of hydrogen-bond acceptors (Lipinski definition) is 5. The molecule has 1 rings (SSSR count). The first-order valence-corrected chi connectivity index (χ1v) is 5.20. The molecule has 0 unspecified atom stereocenters. The fraction of sp³-hybridized carbons (Fsp3) is 0.0769. The topological polar surface area (TPSA) is 93.2 Å². The number of nitriles is 1. The van der Waals surface area contributed by atoms with Crippen molar-refractivity contribution in [3.63, 3.8) is 0 Å². The number of carbonyl (C=O) groups excluding carboxylic acids is 1. The van der Waals surface area contributed by atoms with E-state index in [0.29, 0.717) is 5.56 Å². The monoisotopic (exact) mass is 258 g/mol. The molecule has 0 aromatic heterocycles. The summed E-state index contributed by atoms with van der Waals surface area (Å²) in [6, 6.07) is 7.82. The van der Waals surface area contributed by atoms with Gasteiger partial charge in [0.1, 0.15) is 11.6 Å². The fourth-order valence-electron chi connectivity index (χ4n) is 1.30. The number of rotatable bonds is 4. The highest BCUT2D eigenvalue weighted by Crippen LogP contribution is 2.19. The molecule has 0 aliphatic heterocycles. The van der Waals surface area contributed by atoms with Crippen molar-refractivity contribution in [1.29, 1.82) is 5.26 Å². The zero-order chi connectivity index (χ0) is 14.3. The third-order valence-corrected chi connectivity index (χ3v) is 2.20. The first-order chi connectivity index (χ1) is 9.10. The van der Waals surface area contributed by atoms with Gasteiger partial charge in [-0.1, -0.05) is 18.2 Å². The van der Waals surface area contributed by atoms with Crippen LogP contribution in [0.5, 0.6) is 0 Å². The van der Waals surface area contributed by atoms with Crippen LogP contribution in [-0.4, -0.2) is 18.0 Å². The molecule has 0 saturated heterocycles. The van der Waals surface area contributed by atoms with Gasteiger partial charge in [0.15, 0.2) is 0 Å². The van der Waals surface area contributed by atoms with Crippen molar-refractivity contribution >= 4 is 17.7 Å². The molecule has 0 amide bonds. The Bertz CT molecular complexity index is 597. The molecule has 0 spiro atoms. The highest BCUT2D eigenvalue weighted by molar-refractivity contribution is 5.93. The average molecular weight is 258 g/mol. The van der Waals surface area contributed by atoms with E-state index in [4.69, 9.17) is 5.26 Å². The van der Waals surface area contributed by atoms with E-state index in [0.717, 1.165) is 0 Å². The highest BCUT2D eigenvalue weighted by Gasteiger charge is 2.09. The molecule has 1 aromatic rings. The summed E-state index contributed by atoms with van der Waals surface area (Å²) in [6.07, 6.45) is 4.07. The zero-order valence-electron chi connectivity index (χ0n) is 10.1. The summed E-state index contributed by atoms with van der Waals surface area (Å²) in [6.45, 7) is 0. The van der Waals surface area contributed by atoms with Crippen LogP contribution in [0, 0.1) is 21.4 Å². The van der Waals surface area contributed by atoms with Crippen molar-refractivity contribution in [1.82, 2.24) is 0 Å². The van der Waals surface area contributed by atoms with Crippen molar-refractivity contribution in [2.24, 2.45) is 0 Å². The summed E-state index contributed by atoms with van der Waals surface area (Å²) in [5.41, 5.74) is 0.145. The molecule has 6 nitrogen and oxygen atoms in total. The summed E-state index contributed by atoms with van der Waals surface area (Å²) in [4.78, 5) is 21.4. The van der Waals surface area contributed by atoms with E-state index in [1.807, 2.05) is 0 Å². The normalized spacial score (nSPS) is 11.1. The van der Waals surface area contributed by atoms with Gasteiger partial charge in [-0.2, -0.15) is 5.26 Å². The predicted octanol–water partition coefficient (Wildman–Crippen LogP) is 2.23. The maximum absolute atomic E-state index is 11.1. The molecule has 19 heavy (non-hydrogen) atoms. The van der Waals surface area contributed by atoms with Crippen molar-refractivity contribution in [2.45, 2.75) is 0 Å². The number of esters is 1. The summed E-state index contributed by atoms with van der Waals surface area (Å²) >= 11 is 0. The number of nitrogens with zero attached hydrogens (tertiary/aromatic N) is 2. The van der Waals surface area contributed by atoms with Gasteiger partial charge >= 0.3 is 5.97 Å². The van der Waals surface area contributed by atoms with Gasteiger partial charge in [0.05, 0.1) is 17.6 Å². The lowest BCUT2D eigenvalue weighted by atomic mass is 10.1. The third kappa shape index (κ3) is 3.78. The van der Waals surface area contributed by atoms with Gasteiger partial charge in [-0.15, -0.1) is 0 Å². The van der Waals surface area contributed by atoms with Crippen LogP contribution in [0.2, 0.25) is 0 Å². The number of methoxy groups -OCH3 is 1. The molecule has 0 radical (unpaired) electrons. The molecule has 0 saturated carbocycles. The first-order valence-electron chi connectivity index (χ1n) is 5.20. The molecular formula is C13H10N2O4. The van der Waals surface area contributed by atoms with E-state index in [1.54, 1.807) is 24.3 Å². The van der Waals surface area contributed by atoms with Gasteiger partial charge in [0.25, 0.3) is 5.69 Å². The zero-order valence-corrected chi connectivity index (χ0v) is 10.1. The van der Waals surface area contributed by atoms with Crippen molar-refractivity contribution < 1.29 is 14.5 Å². The second-order valence-corrected chi connectivity index (χ2v) is 3.36. The Labute approximate surface area is 109 Å². The second kappa shape index (κ2) is 6.71. The van der Waals surface area contributed by atoms with E-state index < -0.39 is 10.9 Å². The van der Waals surface area contributed by atoms with Gasteiger partial charge in [-0.3, -0.25) is 10.1 Å². The summed E-state index contributed by atoms with van der Waals surface area (Å²) in [5.74, 6) is -0.755. The van der Waals surface area contributed by atoms with Crippen LogP contribution < -0.4 is 0 Å². The number of nitro benzene ring substituents is 1. The molecule has 0 aliphatic carbocycles. The number of para-hydroxylation sites is 1. The smallest absolute Gasteiger partial charge is 0.348 e. The second-order valence-electron chi connectivity index (χ2n) is 3.36. The number of allylic oxidation sites excluding steroid dienone is 2. The lowest BCUT2D eigenvalue weighted by Crippen LogP contribution is -2.02. The Morgan fingerprint density at radius 1 is 1.47 bits per heavy atom. The van der Waals surface area contributed by atoms with Crippen LogP contribution in [0.1, 0.15) is 5.56 Å². The fourth-order valence-corrected chi connectivity index (χ4v) is 1.30. The SMILES string of the molecule is COC(=O)/C(C#N)=C/C=C/c1ccccc1[N+](=O)[O-]. The molecule has 0 aliphatic rings. The largest absolute Gasteiger partial charge is 0.465 e. The minimum atomic E-state index is -0.755. The molecule has 0 bridgehead atoms. The molecule has 6 heteroatoms. The van der Waals surface area contributed by atoms with E-state index in [2.05, 4.69) is 4.74 Å². The quantitative estimate of drug-likeness (QED) is 0.206. The predicted molar refractivity (Wildman–Crippen MR) is 67.8 cm³/mol. The maximum atomic E-state index is 11.1. The van der Waals surface area contributed by atoms with Crippen molar-refractivity contribution in [3.8, 4) is 6.07 Å². The molecule has 0 N–H and O–H groups in total. The van der Waals surface area contributed by atoms with E-state index in [1.165, 1.54) is 31.4 Å². The van der Waals surface area contributed by atoms with Gasteiger partial charge in [0, 0.05) is 6.07 Å². The van der Waals surface area contributed by atoms with Crippen LogP contribution in [0.4, 0.5) is 5.69 Å². The number of hydrogen-bond donors (Lipinski definition) is 0. The van der Waals surface area contributed by atoms with Crippen LogP contribution in [0.15, 0.2) is 42.0 Å². The van der Waals surface area contributed by atoms with E-state index in [9.17, 15) is 14.9 Å². The Morgan fingerprint density at radius 2 is 2.16 bits per heavy atom. The lowest BCUT2D eigenvalue weighted by molar-refractivity contribution is -0.385. The Kier molecular flexibility index (Phi) is 4.99. The van der Waals surface area contributed by atoms with Gasteiger partial charge in [0.2, 0.25) is 0 Å². The first kappa shape index (κ1) is 14.1. The van der Waals surface area contributed by atoms with Crippen molar-refractivity contribution in [2.75, 3.05) is 7.11 Å². The van der Waals surface area contributed by atoms with Crippen LogP contribution in [-0.2, 0) is 9.53 Å². The molecule has 1 aromatic carbocycles. The molecule has 0 atom stereocenters. The number of benzene rings is 1. The molecular weight excluding hydrogens is 248 g/mol. The standard InChI is InChI=1S/C13H10N2O4/c1-19-13(16)11(9-14)7-4-6-10-5-2-3-8-12(10)15(17)18/h2-8H,1H3/b6-4+,11-7+. The molecule has 0 fully saturated rings. The summed E-state index contributed by atoms with van der Waals surface area (Å²) in [7, 11) is 1.17. The van der Waals surface area contributed by atoms with E-state index >= 15 is 0 Å². The van der Waals surface area contributed by atoms with Gasteiger partial charge in [-0.25, -0.2) is 4.79 Å². The Balaban J connectivity index is 3.01. The average Bonchev–Trinajstić information content (AvgIpc) is 2.43. The minimum absolute atomic E-state index is 0.0521. The lowest BCUT2D eigenvalue weighted by Gasteiger charge is -1.96. The van der Waals surface area contributed by atoms with Gasteiger partial charge < -0.3 is 4.74 Å². The minimum Gasteiger partial charge on any atom is -0.465 e. The Morgan fingerprint density at radius 3 is 2.74 bits per heavy atom. The van der Waals surface area contributed by atoms with Crippen LogP contribution in [0.3, 0.4) is 0 Å². The van der Waals surface area contributed by atoms with E-state index in [-0.39, 0.29) is 11.3 Å². The Hall–Kier alpha value is -2.94. The highest BCUT2D eigenvalue weighted by atomic mass is 16.6. The van der Waals surface area contributed by atoms with Gasteiger partial charge in [-0.05, 0) is 18.2 Å². The van der Waals surface area contributed by atoms with Crippen LogP contribution in [0.25, 0.3) is 6.08 Å². The number of nitro groups is 1. The summed E-state index contributed by atoms with van der Waals surface area (Å²) in [5, 5.41) is 19.5. The van der Waals surface area contributed by atoms with Crippen molar-refractivity contribution in [3.05, 3.63) is 57.7 Å². The summed E-state index contributed by atoms with van der Waals surface area (Å²) < 4.78 is 4.40. The third-order valence-electron chi connectivity index (χ3n) is 2.20. The number of ether oxygens (including phenoxy) is 1. The maximum Gasteiger partial charge on any atom is 0.348 e.